The second-order valence-electron chi connectivity index (χ2n) is 11.1. The van der Waals surface area contributed by atoms with Crippen LogP contribution in [0.25, 0.3) is 0 Å². The van der Waals surface area contributed by atoms with Crippen LogP contribution >= 0.6 is 0 Å². The Morgan fingerprint density at radius 1 is 0.674 bits per heavy atom. The SMILES string of the molecule is O=C1N2C(c3ccccc3)COC2(Cc2ccccc2)C[C@]1(COCOCc1ccccc1)OCOCc1ccccc1. The maximum Gasteiger partial charge on any atom is 0.260 e. The Morgan fingerprint density at radius 3 is 1.81 bits per heavy atom. The van der Waals surface area contributed by atoms with Crippen molar-refractivity contribution in [2.24, 2.45) is 0 Å². The molecular weight excluding hydrogens is 542 g/mol. The van der Waals surface area contributed by atoms with Gasteiger partial charge in [0.2, 0.25) is 0 Å². The lowest BCUT2D eigenvalue weighted by Gasteiger charge is -2.33. The lowest BCUT2D eigenvalue weighted by atomic mass is 9.93. The number of carbonyl (C=O) groups excluding carboxylic acids is 1. The van der Waals surface area contributed by atoms with Gasteiger partial charge in [0.15, 0.2) is 11.3 Å². The molecule has 6 rings (SSSR count). The van der Waals surface area contributed by atoms with Crippen molar-refractivity contribution in [1.29, 1.82) is 0 Å². The first kappa shape index (κ1) is 29.2. The number of benzene rings is 4. The van der Waals surface area contributed by atoms with E-state index in [-0.39, 0.29) is 32.1 Å². The predicted octanol–water partition coefficient (Wildman–Crippen LogP) is 6.05. The van der Waals surface area contributed by atoms with Crippen LogP contribution in [0.3, 0.4) is 0 Å². The molecule has 4 aromatic carbocycles. The van der Waals surface area contributed by atoms with E-state index >= 15 is 0 Å². The molecule has 0 aliphatic carbocycles. The van der Waals surface area contributed by atoms with E-state index in [2.05, 4.69) is 12.1 Å². The number of amides is 1. The number of nitrogens with zero attached hydrogens (tertiary/aromatic N) is 1. The average Bonchev–Trinajstić information content (AvgIpc) is 3.52. The molecule has 0 bridgehead atoms. The predicted molar refractivity (Wildman–Crippen MR) is 161 cm³/mol. The Labute approximate surface area is 252 Å². The molecule has 1 amide bonds. The Hall–Kier alpha value is -3.85. The van der Waals surface area contributed by atoms with Crippen LogP contribution in [0.1, 0.15) is 34.7 Å². The number of rotatable bonds is 14. The fourth-order valence-electron chi connectivity index (χ4n) is 6.05. The Morgan fingerprint density at radius 2 is 1.21 bits per heavy atom. The van der Waals surface area contributed by atoms with Crippen LogP contribution in [0.2, 0.25) is 0 Å². The number of fused-ring (bicyclic) bond motifs is 1. The van der Waals surface area contributed by atoms with Gasteiger partial charge in [0.25, 0.3) is 5.91 Å². The van der Waals surface area contributed by atoms with Gasteiger partial charge in [-0.1, -0.05) is 121 Å². The molecule has 3 atom stereocenters. The Kier molecular flexibility index (Phi) is 9.27. The summed E-state index contributed by atoms with van der Waals surface area (Å²) in [5.41, 5.74) is 1.97. The van der Waals surface area contributed by atoms with E-state index in [1.54, 1.807) is 0 Å². The third-order valence-corrected chi connectivity index (χ3v) is 8.08. The van der Waals surface area contributed by atoms with Gasteiger partial charge in [-0.15, -0.1) is 0 Å². The summed E-state index contributed by atoms with van der Waals surface area (Å²) >= 11 is 0. The molecule has 0 aromatic heterocycles. The fraction of sp³-hybridized carbons (Fsp3) is 0.306. The molecule has 2 saturated heterocycles. The van der Waals surface area contributed by atoms with E-state index in [9.17, 15) is 4.79 Å². The zero-order valence-corrected chi connectivity index (χ0v) is 24.2. The average molecular weight is 580 g/mol. The molecule has 4 aromatic rings. The molecule has 0 radical (unpaired) electrons. The normalized spacial score (nSPS) is 23.0. The van der Waals surface area contributed by atoms with E-state index in [1.807, 2.05) is 114 Å². The van der Waals surface area contributed by atoms with Crippen LogP contribution in [0, 0.1) is 0 Å². The first-order valence-corrected chi connectivity index (χ1v) is 14.7. The zero-order valence-electron chi connectivity index (χ0n) is 24.2. The Balaban J connectivity index is 1.23. The molecule has 2 fully saturated rings. The molecular formula is C36H37NO6. The summed E-state index contributed by atoms with van der Waals surface area (Å²) in [4.78, 5) is 16.5. The van der Waals surface area contributed by atoms with Gasteiger partial charge in [0, 0.05) is 12.8 Å². The summed E-state index contributed by atoms with van der Waals surface area (Å²) < 4.78 is 30.7. The van der Waals surface area contributed by atoms with Crippen molar-refractivity contribution in [2.45, 2.75) is 43.4 Å². The van der Waals surface area contributed by atoms with Crippen molar-refractivity contribution in [2.75, 3.05) is 26.8 Å². The van der Waals surface area contributed by atoms with Gasteiger partial charge < -0.3 is 28.6 Å². The van der Waals surface area contributed by atoms with Crippen LogP contribution in [0.4, 0.5) is 0 Å². The molecule has 7 nitrogen and oxygen atoms in total. The highest BCUT2D eigenvalue weighted by molar-refractivity contribution is 5.89. The van der Waals surface area contributed by atoms with Gasteiger partial charge in [0.1, 0.15) is 13.6 Å². The second-order valence-corrected chi connectivity index (χ2v) is 11.1. The molecule has 0 N–H and O–H groups in total. The van der Waals surface area contributed by atoms with Gasteiger partial charge in [0.05, 0.1) is 32.5 Å². The quantitative estimate of drug-likeness (QED) is 0.134. The van der Waals surface area contributed by atoms with Crippen LogP contribution in [-0.2, 0) is 48.1 Å². The van der Waals surface area contributed by atoms with E-state index in [0.29, 0.717) is 32.7 Å². The molecule has 2 aliphatic rings. The van der Waals surface area contributed by atoms with Crippen LogP contribution in [0.5, 0.6) is 0 Å². The fourth-order valence-corrected chi connectivity index (χ4v) is 6.05. The monoisotopic (exact) mass is 579 g/mol. The number of carbonyl (C=O) groups is 1. The molecule has 7 heteroatoms. The third-order valence-electron chi connectivity index (χ3n) is 8.08. The third kappa shape index (κ3) is 6.72. The first-order valence-electron chi connectivity index (χ1n) is 14.7. The van der Waals surface area contributed by atoms with E-state index < -0.39 is 11.3 Å². The summed E-state index contributed by atoms with van der Waals surface area (Å²) in [5, 5.41) is 0. The standard InChI is InChI=1S/C36H37NO6/c38-34-35(43-28-40-23-31-17-9-3-10-18-31,26-41-27-39-22-30-15-7-2-8-16-30)25-36(21-29-13-5-1-6-14-29)37(34)33(24-42-36)32-19-11-4-12-20-32/h1-20,33H,21-28H2/t33?,35-,36?/m1/s1. The van der Waals surface area contributed by atoms with Gasteiger partial charge in [-0.2, -0.15) is 0 Å². The van der Waals surface area contributed by atoms with E-state index in [4.69, 9.17) is 23.7 Å². The largest absolute Gasteiger partial charge is 0.353 e. The van der Waals surface area contributed by atoms with Crippen molar-refractivity contribution in [3.8, 4) is 0 Å². The molecule has 43 heavy (non-hydrogen) atoms. The van der Waals surface area contributed by atoms with Gasteiger partial charge >= 0.3 is 0 Å². The lowest BCUT2D eigenvalue weighted by Crippen LogP contribution is -2.48. The summed E-state index contributed by atoms with van der Waals surface area (Å²) in [7, 11) is 0. The molecule has 2 aliphatic heterocycles. The van der Waals surface area contributed by atoms with Crippen molar-refractivity contribution in [1.82, 2.24) is 4.90 Å². The zero-order chi connectivity index (χ0) is 29.4. The summed E-state index contributed by atoms with van der Waals surface area (Å²) in [6, 6.07) is 39.7. The van der Waals surface area contributed by atoms with E-state index in [0.717, 1.165) is 22.3 Å². The minimum atomic E-state index is -1.31. The number of ether oxygens (including phenoxy) is 5. The molecule has 0 saturated carbocycles. The van der Waals surface area contributed by atoms with Crippen molar-refractivity contribution in [3.05, 3.63) is 144 Å². The van der Waals surface area contributed by atoms with Gasteiger partial charge in [-0.25, -0.2) is 0 Å². The van der Waals surface area contributed by atoms with Gasteiger partial charge in [-0.3, -0.25) is 4.79 Å². The minimum Gasteiger partial charge on any atom is -0.353 e. The highest BCUT2D eigenvalue weighted by Crippen LogP contribution is 2.51. The molecule has 2 heterocycles. The van der Waals surface area contributed by atoms with Crippen molar-refractivity contribution in [3.63, 3.8) is 0 Å². The minimum absolute atomic E-state index is 0.00717. The molecule has 222 valence electrons. The molecule has 2 unspecified atom stereocenters. The number of hydrogen-bond donors (Lipinski definition) is 0. The highest BCUT2D eigenvalue weighted by atomic mass is 16.7. The van der Waals surface area contributed by atoms with Crippen LogP contribution in [0.15, 0.2) is 121 Å². The topological polar surface area (TPSA) is 66.5 Å². The van der Waals surface area contributed by atoms with E-state index in [1.165, 1.54) is 0 Å². The van der Waals surface area contributed by atoms with Crippen LogP contribution < -0.4 is 0 Å². The maximum absolute atomic E-state index is 14.6. The number of hydrogen-bond acceptors (Lipinski definition) is 6. The second kappa shape index (κ2) is 13.6. The highest BCUT2D eigenvalue weighted by Gasteiger charge is 2.66. The van der Waals surface area contributed by atoms with Crippen molar-refractivity contribution < 1.29 is 28.5 Å². The first-order chi connectivity index (χ1) is 21.2. The van der Waals surface area contributed by atoms with Crippen molar-refractivity contribution >= 4 is 5.91 Å². The smallest absolute Gasteiger partial charge is 0.260 e. The van der Waals surface area contributed by atoms with Gasteiger partial charge in [-0.05, 0) is 22.3 Å². The Bertz CT molecular complexity index is 1440. The lowest BCUT2D eigenvalue weighted by molar-refractivity contribution is -0.195. The molecule has 0 spiro atoms. The summed E-state index contributed by atoms with van der Waals surface area (Å²) in [5.74, 6) is -0.166. The summed E-state index contributed by atoms with van der Waals surface area (Å²) in [6.07, 6.45) is 0.827. The maximum atomic E-state index is 14.6. The summed E-state index contributed by atoms with van der Waals surface area (Å²) in [6.45, 7) is 1.14. The van der Waals surface area contributed by atoms with Crippen LogP contribution in [-0.4, -0.2) is 48.9 Å².